The molecule has 0 saturated heterocycles. The van der Waals surface area contributed by atoms with Gasteiger partial charge in [0.1, 0.15) is 12.9 Å². The molecule has 6 nitrogen and oxygen atoms in total. The number of benzene rings is 1. The van der Waals surface area contributed by atoms with Crippen LogP contribution in [0.25, 0.3) is 0 Å². The van der Waals surface area contributed by atoms with E-state index in [1.165, 1.54) is 23.1 Å². The van der Waals surface area contributed by atoms with Crippen LogP contribution in [0.1, 0.15) is 5.56 Å². The van der Waals surface area contributed by atoms with Gasteiger partial charge in [0.2, 0.25) is 5.91 Å². The van der Waals surface area contributed by atoms with Crippen LogP contribution in [0.15, 0.2) is 29.4 Å². The first-order chi connectivity index (χ1) is 9.83. The number of carbonyl (C=O) groups is 1. The normalized spacial score (nSPS) is 11.4. The molecule has 0 aliphatic rings. The smallest absolute Gasteiger partial charge is 0.323 e. The molecule has 0 unspecified atom stereocenters. The van der Waals surface area contributed by atoms with E-state index in [1.54, 1.807) is 13.0 Å². The van der Waals surface area contributed by atoms with E-state index >= 15 is 0 Å². The summed E-state index contributed by atoms with van der Waals surface area (Å²) in [4.78, 5) is 11.7. The Morgan fingerprint density at radius 3 is 2.81 bits per heavy atom. The van der Waals surface area contributed by atoms with Gasteiger partial charge in [0.15, 0.2) is 0 Å². The van der Waals surface area contributed by atoms with E-state index < -0.39 is 11.4 Å². The second-order valence-corrected chi connectivity index (χ2v) is 5.21. The van der Waals surface area contributed by atoms with Crippen molar-refractivity contribution in [2.75, 3.05) is 5.32 Å². The molecule has 1 heterocycles. The highest BCUT2D eigenvalue weighted by molar-refractivity contribution is 8.00. The summed E-state index contributed by atoms with van der Waals surface area (Å²) in [7, 11) is 0. The molecule has 112 valence electrons. The lowest BCUT2D eigenvalue weighted by molar-refractivity contribution is -0.117. The fourth-order valence-electron chi connectivity index (χ4n) is 1.53. The van der Waals surface area contributed by atoms with E-state index in [4.69, 9.17) is 0 Å². The molecule has 0 radical (unpaired) electrons. The van der Waals surface area contributed by atoms with Crippen LogP contribution in [0.4, 0.5) is 18.9 Å². The maximum atomic E-state index is 12.5. The van der Waals surface area contributed by atoms with Gasteiger partial charge in [0.25, 0.3) is 0 Å². The molecule has 21 heavy (non-hydrogen) atoms. The summed E-state index contributed by atoms with van der Waals surface area (Å²) >= 11 is -0.270. The van der Waals surface area contributed by atoms with E-state index in [-0.39, 0.29) is 28.9 Å². The second-order valence-electron chi connectivity index (χ2n) is 4.10. The average molecular weight is 317 g/mol. The Bertz CT molecular complexity index is 629. The van der Waals surface area contributed by atoms with Crippen molar-refractivity contribution in [2.45, 2.75) is 23.9 Å². The summed E-state index contributed by atoms with van der Waals surface area (Å²) in [6, 6.07) is 4.42. The number of nitrogens with one attached hydrogen (secondary N) is 1. The Kier molecular flexibility index (Phi) is 4.46. The predicted octanol–water partition coefficient (Wildman–Crippen LogP) is 2.23. The molecule has 1 aromatic heterocycles. The van der Waals surface area contributed by atoms with Gasteiger partial charge in [-0.25, -0.2) is 4.68 Å². The summed E-state index contributed by atoms with van der Waals surface area (Å²) in [6.07, 6.45) is 1.24. The summed E-state index contributed by atoms with van der Waals surface area (Å²) in [5.41, 5.74) is -3.66. The Balaban J connectivity index is 2.13. The number of anilines is 1. The lowest BCUT2D eigenvalue weighted by Crippen LogP contribution is -2.19. The number of aromatic nitrogens is 4. The van der Waals surface area contributed by atoms with Crippen molar-refractivity contribution in [3.05, 3.63) is 30.1 Å². The zero-order chi connectivity index (χ0) is 15.5. The quantitative estimate of drug-likeness (QED) is 0.876. The lowest BCUT2D eigenvalue weighted by Gasteiger charge is -2.13. The molecule has 2 aromatic rings. The monoisotopic (exact) mass is 317 g/mol. The minimum Gasteiger partial charge on any atom is -0.323 e. The molecule has 10 heteroatoms. The van der Waals surface area contributed by atoms with Crippen LogP contribution in [-0.4, -0.2) is 31.6 Å². The molecular formula is C11H10F3N5OS. The Morgan fingerprint density at radius 1 is 1.43 bits per heavy atom. The van der Waals surface area contributed by atoms with E-state index in [9.17, 15) is 18.0 Å². The summed E-state index contributed by atoms with van der Waals surface area (Å²) < 4.78 is 38.7. The molecule has 1 amide bonds. The van der Waals surface area contributed by atoms with Crippen LogP contribution in [0.3, 0.4) is 0 Å². The number of aryl methyl sites for hydroxylation is 1. The third kappa shape index (κ3) is 4.74. The zero-order valence-corrected chi connectivity index (χ0v) is 11.6. The Labute approximate surface area is 121 Å². The van der Waals surface area contributed by atoms with Gasteiger partial charge in [-0.05, 0) is 46.8 Å². The molecule has 0 aliphatic heterocycles. The van der Waals surface area contributed by atoms with Crippen molar-refractivity contribution >= 4 is 23.4 Å². The highest BCUT2D eigenvalue weighted by Crippen LogP contribution is 2.40. The van der Waals surface area contributed by atoms with Crippen LogP contribution < -0.4 is 5.32 Å². The molecule has 1 aromatic carbocycles. The van der Waals surface area contributed by atoms with Crippen LogP contribution in [-0.2, 0) is 11.3 Å². The van der Waals surface area contributed by atoms with E-state index in [1.807, 2.05) is 0 Å². The van der Waals surface area contributed by atoms with Gasteiger partial charge in [0.05, 0.1) is 5.69 Å². The fourth-order valence-corrected chi connectivity index (χ4v) is 2.25. The highest BCUT2D eigenvalue weighted by atomic mass is 32.2. The Hall–Kier alpha value is -2.10. The molecular weight excluding hydrogens is 307 g/mol. The largest absolute Gasteiger partial charge is 0.446 e. The summed E-state index contributed by atoms with van der Waals surface area (Å²) in [6.45, 7) is 1.49. The first-order valence-electron chi connectivity index (χ1n) is 5.70. The maximum Gasteiger partial charge on any atom is 0.446 e. The Morgan fingerprint density at radius 2 is 2.19 bits per heavy atom. The number of rotatable bonds is 4. The van der Waals surface area contributed by atoms with Crippen LogP contribution in [0.5, 0.6) is 0 Å². The molecule has 0 spiro atoms. The van der Waals surface area contributed by atoms with Crippen molar-refractivity contribution in [3.63, 3.8) is 0 Å². The standard InChI is InChI=1S/C11H10F3N5OS/c1-7-2-3-8(9(4-7)21-11(12,13)14)16-10(20)5-19-6-15-17-18-19/h2-4,6H,5H2,1H3,(H,16,20). The van der Waals surface area contributed by atoms with Gasteiger partial charge < -0.3 is 5.32 Å². The topological polar surface area (TPSA) is 72.7 Å². The maximum absolute atomic E-state index is 12.5. The number of nitrogens with zero attached hydrogens (tertiary/aromatic N) is 4. The van der Waals surface area contributed by atoms with E-state index in [2.05, 4.69) is 20.8 Å². The van der Waals surface area contributed by atoms with Gasteiger partial charge >= 0.3 is 5.51 Å². The molecule has 0 aliphatic carbocycles. The van der Waals surface area contributed by atoms with Crippen LogP contribution in [0.2, 0.25) is 0 Å². The number of thioether (sulfide) groups is 1. The first-order valence-corrected chi connectivity index (χ1v) is 6.52. The van der Waals surface area contributed by atoms with Crippen LogP contribution in [0, 0.1) is 6.92 Å². The van der Waals surface area contributed by atoms with Crippen molar-refractivity contribution in [1.82, 2.24) is 20.2 Å². The minimum absolute atomic E-state index is 0.0624. The third-order valence-corrected chi connectivity index (χ3v) is 3.12. The van der Waals surface area contributed by atoms with Gasteiger partial charge in [-0.15, -0.1) is 5.10 Å². The van der Waals surface area contributed by atoms with E-state index in [0.717, 1.165) is 0 Å². The summed E-state index contributed by atoms with van der Waals surface area (Å²) in [5, 5.41) is 12.6. The number of halogens is 3. The van der Waals surface area contributed by atoms with Crippen molar-refractivity contribution in [3.8, 4) is 0 Å². The van der Waals surface area contributed by atoms with Crippen molar-refractivity contribution < 1.29 is 18.0 Å². The SMILES string of the molecule is Cc1ccc(NC(=O)Cn2cnnn2)c(SC(F)(F)F)c1. The lowest BCUT2D eigenvalue weighted by atomic mass is 10.2. The number of hydrogen-bond acceptors (Lipinski definition) is 5. The van der Waals surface area contributed by atoms with E-state index in [0.29, 0.717) is 5.56 Å². The zero-order valence-electron chi connectivity index (χ0n) is 10.8. The van der Waals surface area contributed by atoms with Gasteiger partial charge in [-0.2, -0.15) is 13.2 Å². The number of amides is 1. The number of tetrazole rings is 1. The molecule has 1 N–H and O–H groups in total. The second kappa shape index (κ2) is 6.12. The first kappa shape index (κ1) is 15.3. The summed E-state index contributed by atoms with van der Waals surface area (Å²) in [5.74, 6) is -0.518. The number of carbonyl (C=O) groups excluding carboxylic acids is 1. The fraction of sp³-hybridized carbons (Fsp3) is 0.273. The molecule has 0 atom stereocenters. The number of alkyl halides is 3. The molecule has 0 fully saturated rings. The van der Waals surface area contributed by atoms with Crippen LogP contribution >= 0.6 is 11.8 Å². The average Bonchev–Trinajstić information content (AvgIpc) is 2.83. The van der Waals surface area contributed by atoms with Crippen molar-refractivity contribution in [2.24, 2.45) is 0 Å². The predicted molar refractivity (Wildman–Crippen MR) is 69.5 cm³/mol. The molecule has 0 saturated carbocycles. The minimum atomic E-state index is -4.43. The molecule has 0 bridgehead atoms. The van der Waals surface area contributed by atoms with Gasteiger partial charge in [-0.1, -0.05) is 6.07 Å². The van der Waals surface area contributed by atoms with Gasteiger partial charge in [-0.3, -0.25) is 4.79 Å². The molecule has 2 rings (SSSR count). The van der Waals surface area contributed by atoms with Gasteiger partial charge in [0, 0.05) is 4.90 Å². The van der Waals surface area contributed by atoms with Crippen molar-refractivity contribution in [1.29, 1.82) is 0 Å². The highest BCUT2D eigenvalue weighted by Gasteiger charge is 2.30. The number of hydrogen-bond donors (Lipinski definition) is 1. The third-order valence-electron chi connectivity index (χ3n) is 2.33.